The first kappa shape index (κ1) is 26.7. The van der Waals surface area contributed by atoms with Gasteiger partial charge in [0.1, 0.15) is 12.2 Å². The van der Waals surface area contributed by atoms with Crippen molar-refractivity contribution in [3.8, 4) is 11.5 Å². The van der Waals surface area contributed by atoms with Gasteiger partial charge in [-0.05, 0) is 79.1 Å². The largest absolute Gasteiger partial charge is 0.490 e. The van der Waals surface area contributed by atoms with Crippen molar-refractivity contribution >= 4 is 68.7 Å². The number of rotatable bonds is 7. The third-order valence-corrected chi connectivity index (χ3v) is 6.69. The second-order valence-corrected chi connectivity index (χ2v) is 9.80. The molecular weight excluding hydrogens is 583 g/mol. The number of anilines is 1. The highest BCUT2D eigenvalue weighted by atomic mass is 79.9. The van der Waals surface area contributed by atoms with E-state index in [9.17, 15) is 14.4 Å². The number of carbonyl (C=O) groups excluding carboxylic acids is 3. The molecule has 10 heteroatoms. The van der Waals surface area contributed by atoms with E-state index in [0.29, 0.717) is 45.0 Å². The molecule has 3 aromatic carbocycles. The summed E-state index contributed by atoms with van der Waals surface area (Å²) < 4.78 is 12.5. The smallest absolute Gasteiger partial charge is 0.335 e. The third kappa shape index (κ3) is 5.98. The number of hydrogen-bond acceptors (Lipinski definition) is 5. The van der Waals surface area contributed by atoms with Crippen molar-refractivity contribution in [2.24, 2.45) is 0 Å². The number of benzene rings is 3. The summed E-state index contributed by atoms with van der Waals surface area (Å²) in [4.78, 5) is 39.4. The molecule has 4 rings (SSSR count). The molecule has 1 saturated heterocycles. The van der Waals surface area contributed by atoms with Crippen molar-refractivity contribution in [3.05, 3.63) is 91.4 Å². The van der Waals surface area contributed by atoms with Gasteiger partial charge >= 0.3 is 6.03 Å². The predicted octanol–water partition coefficient (Wildman–Crippen LogP) is 6.71. The topological polar surface area (TPSA) is 84.9 Å². The minimum absolute atomic E-state index is 0.186. The number of nitrogens with one attached hydrogen (secondary N) is 1. The zero-order valence-corrected chi connectivity index (χ0v) is 22.9. The van der Waals surface area contributed by atoms with Gasteiger partial charge in [0.25, 0.3) is 11.8 Å². The maximum Gasteiger partial charge on any atom is 0.335 e. The molecule has 190 valence electrons. The summed E-state index contributed by atoms with van der Waals surface area (Å²) in [6, 6.07) is 14.6. The van der Waals surface area contributed by atoms with Gasteiger partial charge in [0, 0.05) is 4.47 Å². The van der Waals surface area contributed by atoms with Crippen LogP contribution in [0.15, 0.2) is 64.6 Å². The summed E-state index contributed by atoms with van der Waals surface area (Å²) in [5.74, 6) is -0.606. The van der Waals surface area contributed by atoms with Crippen molar-refractivity contribution in [3.63, 3.8) is 0 Å². The van der Waals surface area contributed by atoms with Crippen molar-refractivity contribution in [1.82, 2.24) is 5.32 Å². The minimum Gasteiger partial charge on any atom is -0.490 e. The van der Waals surface area contributed by atoms with Crippen LogP contribution in [0.1, 0.15) is 23.6 Å². The lowest BCUT2D eigenvalue weighted by atomic mass is 10.1. The van der Waals surface area contributed by atoms with Gasteiger partial charge in [0.2, 0.25) is 0 Å². The Balaban J connectivity index is 1.62. The van der Waals surface area contributed by atoms with E-state index in [1.807, 2.05) is 6.92 Å². The van der Waals surface area contributed by atoms with Crippen molar-refractivity contribution in [2.45, 2.75) is 20.5 Å². The molecule has 3 aromatic rings. The van der Waals surface area contributed by atoms with Gasteiger partial charge in [-0.3, -0.25) is 14.9 Å². The molecule has 4 amide bonds. The maximum atomic E-state index is 13.3. The number of amides is 4. The number of ether oxygens (including phenoxy) is 2. The number of urea groups is 1. The predicted molar refractivity (Wildman–Crippen MR) is 146 cm³/mol. The Morgan fingerprint density at radius 2 is 1.73 bits per heavy atom. The molecule has 37 heavy (non-hydrogen) atoms. The van der Waals surface area contributed by atoms with Crippen molar-refractivity contribution in [1.29, 1.82) is 0 Å². The zero-order chi connectivity index (χ0) is 26.7. The minimum atomic E-state index is -0.807. The van der Waals surface area contributed by atoms with Gasteiger partial charge in [0.15, 0.2) is 11.5 Å². The summed E-state index contributed by atoms with van der Waals surface area (Å²) in [5.41, 5.74) is 2.22. The molecule has 7 nitrogen and oxygen atoms in total. The standard InChI is InChI=1S/C27H21BrCl2N2O5/c1-3-36-24-13-16(5-9-23(24)37-14-17-4-7-20(29)21(30)12-17)11-19-25(33)31-27(35)32(26(19)34)22-8-6-18(28)10-15(22)2/h4-13H,3,14H2,1-2H3,(H,31,33,35)/b19-11-. The number of carbonyl (C=O) groups is 3. The summed E-state index contributed by atoms with van der Waals surface area (Å²) in [6.07, 6.45) is 1.41. The van der Waals surface area contributed by atoms with Gasteiger partial charge in [-0.1, -0.05) is 51.3 Å². The Morgan fingerprint density at radius 3 is 2.43 bits per heavy atom. The van der Waals surface area contributed by atoms with Crippen molar-refractivity contribution < 1.29 is 23.9 Å². The van der Waals surface area contributed by atoms with Crippen molar-refractivity contribution in [2.75, 3.05) is 11.5 Å². The zero-order valence-electron chi connectivity index (χ0n) is 19.8. The van der Waals surface area contributed by atoms with Gasteiger partial charge in [-0.25, -0.2) is 9.69 Å². The lowest BCUT2D eigenvalue weighted by molar-refractivity contribution is -0.122. The fourth-order valence-corrected chi connectivity index (χ4v) is 4.50. The highest BCUT2D eigenvalue weighted by molar-refractivity contribution is 9.10. The number of hydrogen-bond donors (Lipinski definition) is 1. The first-order valence-electron chi connectivity index (χ1n) is 11.2. The Hall–Kier alpha value is -3.33. The van der Waals surface area contributed by atoms with Crippen LogP contribution < -0.4 is 19.7 Å². The Morgan fingerprint density at radius 1 is 0.946 bits per heavy atom. The fourth-order valence-electron chi connectivity index (χ4n) is 3.71. The Labute approximate surface area is 232 Å². The number of barbiturate groups is 1. The second kappa shape index (κ2) is 11.4. The summed E-state index contributed by atoms with van der Waals surface area (Å²) >= 11 is 15.4. The molecule has 0 spiro atoms. The van der Waals surface area contributed by atoms with Crippen LogP contribution in [-0.4, -0.2) is 24.5 Å². The fraction of sp³-hybridized carbons (Fsp3) is 0.148. The van der Waals surface area contributed by atoms with Crippen LogP contribution in [0, 0.1) is 6.92 Å². The Kier molecular flexibility index (Phi) is 8.22. The van der Waals surface area contributed by atoms with Gasteiger partial charge in [-0.15, -0.1) is 0 Å². The van der Waals surface area contributed by atoms with E-state index in [1.54, 1.807) is 61.5 Å². The average Bonchev–Trinajstić information content (AvgIpc) is 2.84. The lowest BCUT2D eigenvalue weighted by Gasteiger charge is -2.27. The van der Waals surface area contributed by atoms with E-state index in [-0.39, 0.29) is 12.2 Å². The van der Waals surface area contributed by atoms with Crippen LogP contribution in [0.3, 0.4) is 0 Å². The molecule has 1 fully saturated rings. The molecule has 0 unspecified atom stereocenters. The normalized spacial score (nSPS) is 14.7. The number of halogens is 3. The molecule has 0 bridgehead atoms. The number of aryl methyl sites for hydroxylation is 1. The van der Waals surface area contributed by atoms with Gasteiger partial charge < -0.3 is 9.47 Å². The van der Waals surface area contributed by atoms with Crippen LogP contribution in [0.4, 0.5) is 10.5 Å². The van der Waals surface area contributed by atoms with E-state index in [2.05, 4.69) is 21.2 Å². The first-order valence-corrected chi connectivity index (χ1v) is 12.7. The SMILES string of the molecule is CCOc1cc(/C=C2/C(=O)NC(=O)N(c3ccc(Br)cc3C)C2=O)ccc1OCc1ccc(Cl)c(Cl)c1. The maximum absolute atomic E-state index is 13.3. The van der Waals surface area contributed by atoms with Crippen LogP contribution in [0.2, 0.25) is 10.0 Å². The highest BCUT2D eigenvalue weighted by Crippen LogP contribution is 2.32. The highest BCUT2D eigenvalue weighted by Gasteiger charge is 2.37. The quantitative estimate of drug-likeness (QED) is 0.240. The van der Waals surface area contributed by atoms with Gasteiger partial charge in [0.05, 0.1) is 22.3 Å². The number of imide groups is 2. The summed E-state index contributed by atoms with van der Waals surface area (Å²) in [5, 5.41) is 3.12. The van der Waals surface area contributed by atoms with E-state index in [0.717, 1.165) is 14.9 Å². The van der Waals surface area contributed by atoms with Gasteiger partial charge in [-0.2, -0.15) is 0 Å². The van der Waals surface area contributed by atoms with Crippen LogP contribution in [0.25, 0.3) is 6.08 Å². The molecular formula is C27H21BrCl2N2O5. The summed E-state index contributed by atoms with van der Waals surface area (Å²) in [6.45, 7) is 4.19. The lowest BCUT2D eigenvalue weighted by Crippen LogP contribution is -2.54. The molecule has 0 aromatic heterocycles. The number of nitrogens with zero attached hydrogens (tertiary/aromatic N) is 1. The van der Waals surface area contributed by atoms with E-state index in [4.69, 9.17) is 32.7 Å². The third-order valence-electron chi connectivity index (χ3n) is 5.46. The molecule has 1 aliphatic rings. The van der Waals surface area contributed by atoms with E-state index in [1.165, 1.54) is 6.08 Å². The molecule has 0 atom stereocenters. The Bertz CT molecular complexity index is 1440. The van der Waals surface area contributed by atoms with Crippen LogP contribution in [0.5, 0.6) is 11.5 Å². The van der Waals surface area contributed by atoms with E-state index < -0.39 is 17.8 Å². The average molecular weight is 604 g/mol. The molecule has 1 heterocycles. The second-order valence-electron chi connectivity index (χ2n) is 8.06. The first-order chi connectivity index (χ1) is 17.7. The molecule has 0 aliphatic carbocycles. The van der Waals surface area contributed by atoms with E-state index >= 15 is 0 Å². The molecule has 1 aliphatic heterocycles. The van der Waals surface area contributed by atoms with Crippen LogP contribution >= 0.6 is 39.1 Å². The molecule has 0 radical (unpaired) electrons. The monoisotopic (exact) mass is 602 g/mol. The molecule has 1 N–H and O–H groups in total. The molecule has 0 saturated carbocycles. The van der Waals surface area contributed by atoms with Crippen LogP contribution in [-0.2, 0) is 16.2 Å². The summed E-state index contributed by atoms with van der Waals surface area (Å²) in [7, 11) is 0.